The third kappa shape index (κ3) is 6.29. The zero-order chi connectivity index (χ0) is 25.9. The Morgan fingerprint density at radius 3 is 2.56 bits per heavy atom. The second-order valence-electron chi connectivity index (χ2n) is 9.55. The average molecular weight is 527 g/mol. The Morgan fingerprint density at radius 2 is 1.86 bits per heavy atom. The van der Waals surface area contributed by atoms with Crippen molar-refractivity contribution in [2.75, 3.05) is 42.5 Å². The number of carbonyl (C=O) groups excluding carboxylic acids is 1. The van der Waals surface area contributed by atoms with Crippen LogP contribution in [0, 0.1) is 12.7 Å². The lowest BCUT2D eigenvalue weighted by Gasteiger charge is -2.32. The molecule has 0 radical (unpaired) electrons. The molecule has 196 valence electrons. The first-order valence-electron chi connectivity index (χ1n) is 12.4. The van der Waals surface area contributed by atoms with Crippen molar-refractivity contribution >= 4 is 29.0 Å². The molecule has 1 atom stereocenters. The molecule has 2 aliphatic rings. The number of benzene rings is 1. The fraction of sp³-hybridized carbons (Fsp3) is 0.538. The number of hydrogen-bond acceptors (Lipinski definition) is 4. The normalized spacial score (nSPS) is 19.1. The van der Waals surface area contributed by atoms with Crippen LogP contribution in [0.1, 0.15) is 49.8 Å². The number of aromatic nitrogens is 1. The lowest BCUT2D eigenvalue weighted by molar-refractivity contribution is -0.137. The molecule has 2 aliphatic heterocycles. The SMILES string of the molecule is Cc1cc(C(F)(F)F)cc(N2CCC[C@H]2C(=O)N(CCCN2CCCCC2)c2ccc(F)c(Cl)c2)n1. The Bertz CT molecular complexity index is 1070. The molecule has 2 saturated heterocycles. The number of alkyl halides is 3. The summed E-state index contributed by atoms with van der Waals surface area (Å²) in [4.78, 5) is 23.8. The smallest absolute Gasteiger partial charge is 0.345 e. The quantitative estimate of drug-likeness (QED) is 0.410. The first-order valence-corrected chi connectivity index (χ1v) is 12.8. The number of aryl methyl sites for hydroxylation is 1. The van der Waals surface area contributed by atoms with Gasteiger partial charge in [-0.3, -0.25) is 4.79 Å². The van der Waals surface area contributed by atoms with E-state index in [0.717, 1.165) is 44.6 Å². The molecule has 2 aromatic rings. The molecule has 5 nitrogen and oxygen atoms in total. The largest absolute Gasteiger partial charge is 0.416 e. The number of anilines is 2. The van der Waals surface area contributed by atoms with Crippen LogP contribution in [0.25, 0.3) is 0 Å². The van der Waals surface area contributed by atoms with Gasteiger partial charge in [-0.05, 0) is 89.0 Å². The maximum atomic E-state index is 13.9. The zero-order valence-electron chi connectivity index (χ0n) is 20.3. The Balaban J connectivity index is 1.58. The minimum atomic E-state index is -4.51. The van der Waals surface area contributed by atoms with Gasteiger partial charge in [0.2, 0.25) is 5.91 Å². The Kier molecular flexibility index (Phi) is 8.40. The van der Waals surface area contributed by atoms with Crippen LogP contribution in [0.4, 0.5) is 29.1 Å². The Hall–Kier alpha value is -2.39. The van der Waals surface area contributed by atoms with E-state index in [1.165, 1.54) is 31.5 Å². The molecule has 3 heterocycles. The molecular weight excluding hydrogens is 496 g/mol. The summed E-state index contributed by atoms with van der Waals surface area (Å²) in [5.74, 6) is -0.679. The number of hydrogen-bond donors (Lipinski definition) is 0. The van der Waals surface area contributed by atoms with E-state index in [0.29, 0.717) is 38.0 Å². The van der Waals surface area contributed by atoms with Crippen LogP contribution in [0.15, 0.2) is 30.3 Å². The van der Waals surface area contributed by atoms with Gasteiger partial charge >= 0.3 is 6.18 Å². The molecule has 0 aliphatic carbocycles. The number of pyridine rings is 1. The lowest BCUT2D eigenvalue weighted by atomic mass is 10.1. The molecule has 4 rings (SSSR count). The highest BCUT2D eigenvalue weighted by Crippen LogP contribution is 2.34. The first kappa shape index (κ1) is 26.7. The van der Waals surface area contributed by atoms with Gasteiger partial charge < -0.3 is 14.7 Å². The van der Waals surface area contributed by atoms with Gasteiger partial charge in [-0.2, -0.15) is 13.2 Å². The molecular formula is C26H31ClF4N4O. The summed E-state index contributed by atoms with van der Waals surface area (Å²) in [6.07, 6.45) is 0.914. The third-order valence-corrected chi connectivity index (χ3v) is 7.17. The third-order valence-electron chi connectivity index (χ3n) is 6.88. The molecule has 36 heavy (non-hydrogen) atoms. The van der Waals surface area contributed by atoms with Crippen LogP contribution in [0.3, 0.4) is 0 Å². The maximum Gasteiger partial charge on any atom is 0.416 e. The van der Waals surface area contributed by atoms with Gasteiger partial charge in [-0.1, -0.05) is 18.0 Å². The molecule has 10 heteroatoms. The van der Waals surface area contributed by atoms with Gasteiger partial charge in [-0.25, -0.2) is 9.37 Å². The molecule has 0 unspecified atom stereocenters. The highest BCUT2D eigenvalue weighted by Gasteiger charge is 2.37. The summed E-state index contributed by atoms with van der Waals surface area (Å²) in [6, 6.07) is 5.53. The first-order chi connectivity index (χ1) is 17.1. The number of rotatable bonds is 7. The molecule has 0 spiro atoms. The number of halogens is 5. The molecule has 1 aromatic carbocycles. The molecule has 2 fully saturated rings. The Morgan fingerprint density at radius 1 is 1.11 bits per heavy atom. The van der Waals surface area contributed by atoms with Gasteiger partial charge in [0.05, 0.1) is 10.6 Å². The van der Waals surface area contributed by atoms with Crippen molar-refractivity contribution < 1.29 is 22.4 Å². The predicted molar refractivity (Wildman–Crippen MR) is 133 cm³/mol. The van der Waals surface area contributed by atoms with Crippen LogP contribution in [-0.2, 0) is 11.0 Å². The van der Waals surface area contributed by atoms with Crippen LogP contribution >= 0.6 is 11.6 Å². The van der Waals surface area contributed by atoms with Crippen molar-refractivity contribution in [1.29, 1.82) is 0 Å². The van der Waals surface area contributed by atoms with Crippen molar-refractivity contribution in [2.24, 2.45) is 0 Å². The predicted octanol–water partition coefficient (Wildman–Crippen LogP) is 6.08. The van der Waals surface area contributed by atoms with Crippen LogP contribution < -0.4 is 9.80 Å². The van der Waals surface area contributed by atoms with Gasteiger partial charge in [0.25, 0.3) is 0 Å². The van der Waals surface area contributed by atoms with E-state index >= 15 is 0 Å². The molecule has 1 aromatic heterocycles. The molecule has 1 amide bonds. The van der Waals surface area contributed by atoms with Gasteiger partial charge in [0.15, 0.2) is 0 Å². The number of piperidine rings is 1. The molecule has 0 saturated carbocycles. The van der Waals surface area contributed by atoms with E-state index in [-0.39, 0.29) is 22.4 Å². The number of amides is 1. The summed E-state index contributed by atoms with van der Waals surface area (Å²) in [6.45, 7) is 5.24. The summed E-state index contributed by atoms with van der Waals surface area (Å²) >= 11 is 6.03. The van der Waals surface area contributed by atoms with Crippen molar-refractivity contribution in [3.05, 3.63) is 52.4 Å². The highest BCUT2D eigenvalue weighted by molar-refractivity contribution is 6.31. The van der Waals surface area contributed by atoms with E-state index in [9.17, 15) is 22.4 Å². The maximum absolute atomic E-state index is 13.9. The number of nitrogens with zero attached hydrogens (tertiary/aromatic N) is 4. The number of likely N-dealkylation sites (tertiary alicyclic amines) is 1. The summed E-state index contributed by atoms with van der Waals surface area (Å²) in [7, 11) is 0. The summed E-state index contributed by atoms with van der Waals surface area (Å²) in [5.41, 5.74) is -0.0708. The van der Waals surface area contributed by atoms with Crippen molar-refractivity contribution in [2.45, 2.75) is 57.7 Å². The van der Waals surface area contributed by atoms with Crippen molar-refractivity contribution in [1.82, 2.24) is 9.88 Å². The van der Waals surface area contributed by atoms with E-state index in [2.05, 4.69) is 9.88 Å². The van der Waals surface area contributed by atoms with Gasteiger partial charge in [-0.15, -0.1) is 0 Å². The second-order valence-corrected chi connectivity index (χ2v) is 9.96. The minimum Gasteiger partial charge on any atom is -0.345 e. The molecule has 0 N–H and O–H groups in total. The van der Waals surface area contributed by atoms with Crippen molar-refractivity contribution in [3.63, 3.8) is 0 Å². The zero-order valence-corrected chi connectivity index (χ0v) is 21.1. The average Bonchev–Trinajstić information content (AvgIpc) is 3.33. The van der Waals surface area contributed by atoms with E-state index in [4.69, 9.17) is 11.6 Å². The Labute approximate surface area is 214 Å². The van der Waals surface area contributed by atoms with E-state index in [1.54, 1.807) is 9.80 Å². The fourth-order valence-electron chi connectivity index (χ4n) is 5.09. The van der Waals surface area contributed by atoms with Crippen LogP contribution in [-0.4, -0.2) is 54.6 Å². The standard InChI is InChI=1S/C26H31ClF4N4O/c1-18-15-19(26(29,30)31)16-24(32-18)35-13-5-7-23(35)25(36)34(20-8-9-22(28)21(27)17-20)14-6-12-33-10-3-2-4-11-33/h8-9,15-17,23H,2-7,10-14H2,1H3/t23-/m0/s1. The van der Waals surface area contributed by atoms with E-state index in [1.807, 2.05) is 0 Å². The minimum absolute atomic E-state index is 0.0835. The fourth-order valence-corrected chi connectivity index (χ4v) is 5.27. The highest BCUT2D eigenvalue weighted by atomic mass is 35.5. The van der Waals surface area contributed by atoms with E-state index < -0.39 is 23.6 Å². The summed E-state index contributed by atoms with van der Waals surface area (Å²) in [5, 5.41) is -0.0835. The second kappa shape index (κ2) is 11.3. The topological polar surface area (TPSA) is 39.7 Å². The van der Waals surface area contributed by atoms with Crippen LogP contribution in [0.2, 0.25) is 5.02 Å². The summed E-state index contributed by atoms with van der Waals surface area (Å²) < 4.78 is 54.2. The van der Waals surface area contributed by atoms with Crippen LogP contribution in [0.5, 0.6) is 0 Å². The van der Waals surface area contributed by atoms with Gasteiger partial charge in [0, 0.05) is 24.5 Å². The number of carbonyl (C=O) groups is 1. The molecule has 0 bridgehead atoms. The van der Waals surface area contributed by atoms with Gasteiger partial charge in [0.1, 0.15) is 17.7 Å². The van der Waals surface area contributed by atoms with Crippen molar-refractivity contribution in [3.8, 4) is 0 Å². The lowest BCUT2D eigenvalue weighted by Crippen LogP contribution is -2.47. The monoisotopic (exact) mass is 526 g/mol.